The summed E-state index contributed by atoms with van der Waals surface area (Å²) in [7, 11) is -1.00. The molecule has 1 aliphatic rings. The lowest BCUT2D eigenvalue weighted by Gasteiger charge is -2.26. The van der Waals surface area contributed by atoms with E-state index in [1.165, 1.54) is 11.1 Å². The van der Waals surface area contributed by atoms with Gasteiger partial charge in [0.15, 0.2) is 0 Å². The summed E-state index contributed by atoms with van der Waals surface area (Å²) in [6.07, 6.45) is 0.518. The molecule has 4 aromatic carbocycles. The Morgan fingerprint density at radius 2 is 1.32 bits per heavy atom. The molecule has 0 saturated carbocycles. The molecular weight excluding hydrogens is 473 g/mol. The van der Waals surface area contributed by atoms with Gasteiger partial charge in [-0.3, -0.25) is 4.90 Å². The second-order valence-electron chi connectivity index (χ2n) is 9.62. The summed E-state index contributed by atoms with van der Waals surface area (Å²) >= 11 is 0. The Bertz CT molecular complexity index is 1210. The van der Waals surface area contributed by atoms with E-state index in [1.54, 1.807) is 0 Å². The third-order valence-corrected chi connectivity index (χ3v) is 6.71. The zero-order chi connectivity index (χ0) is 26.0. The molecule has 0 saturated heterocycles. The molecule has 0 aromatic heterocycles. The van der Waals surface area contributed by atoms with Crippen molar-refractivity contribution in [3.8, 4) is 5.75 Å². The van der Waals surface area contributed by atoms with Gasteiger partial charge in [0.25, 0.3) is 0 Å². The van der Waals surface area contributed by atoms with E-state index in [4.69, 9.17) is 14.1 Å². The average molecular weight is 507 g/mol. The van der Waals surface area contributed by atoms with Gasteiger partial charge in [0.1, 0.15) is 5.75 Å². The molecule has 0 radical (unpaired) electrons. The molecule has 0 amide bonds. The fraction of sp³-hybridized carbons (Fsp3) is 0.250. The van der Waals surface area contributed by atoms with E-state index in [9.17, 15) is 5.02 Å². The number of rotatable bonds is 13. The minimum atomic E-state index is -1.00. The van der Waals surface area contributed by atoms with Gasteiger partial charge in [0, 0.05) is 31.5 Å². The molecule has 0 bridgehead atoms. The number of ether oxygens (including phenoxy) is 2. The van der Waals surface area contributed by atoms with Crippen LogP contribution in [0.3, 0.4) is 0 Å². The van der Waals surface area contributed by atoms with E-state index in [1.807, 2.05) is 48.5 Å². The molecule has 0 fully saturated rings. The largest absolute Gasteiger partial charge is 0.495 e. The SMILES string of the molecule is OB1OC(CN(Cc2ccccc2)Cc2ccccc2)c2cccc(OCCCOCc3ccccc3)c21. The molecule has 1 atom stereocenters. The summed E-state index contributed by atoms with van der Waals surface area (Å²) in [5.41, 5.74) is 5.38. The first kappa shape index (κ1) is 26.2. The van der Waals surface area contributed by atoms with Crippen molar-refractivity contribution in [3.05, 3.63) is 131 Å². The summed E-state index contributed by atoms with van der Waals surface area (Å²) < 4.78 is 17.9. The van der Waals surface area contributed by atoms with E-state index in [0.29, 0.717) is 32.1 Å². The molecule has 194 valence electrons. The number of nitrogens with zero attached hydrogens (tertiary/aromatic N) is 1. The summed E-state index contributed by atoms with van der Waals surface area (Å²) in [6.45, 7) is 3.96. The first-order valence-electron chi connectivity index (χ1n) is 13.3. The van der Waals surface area contributed by atoms with E-state index in [-0.39, 0.29) is 6.10 Å². The molecule has 1 aliphatic heterocycles. The van der Waals surface area contributed by atoms with Gasteiger partial charge in [0.05, 0.1) is 25.9 Å². The van der Waals surface area contributed by atoms with E-state index in [2.05, 4.69) is 65.6 Å². The van der Waals surface area contributed by atoms with Crippen LogP contribution >= 0.6 is 0 Å². The van der Waals surface area contributed by atoms with Gasteiger partial charge in [-0.25, -0.2) is 0 Å². The van der Waals surface area contributed by atoms with Crippen molar-refractivity contribution in [3.63, 3.8) is 0 Å². The molecule has 5 rings (SSSR count). The Morgan fingerprint density at radius 1 is 0.711 bits per heavy atom. The highest BCUT2D eigenvalue weighted by Gasteiger charge is 2.38. The standard InChI is InChI=1S/C32H34BNO4/c35-33-32-29(18-10-19-30(32)37-21-11-20-36-25-28-16-8-3-9-17-28)31(38-33)24-34(22-26-12-4-1-5-13-26)23-27-14-6-2-7-15-27/h1-10,12-19,31,35H,11,20-25H2. The van der Waals surface area contributed by atoms with Crippen molar-refractivity contribution >= 4 is 12.6 Å². The van der Waals surface area contributed by atoms with Crippen LogP contribution in [0.1, 0.15) is 34.8 Å². The number of fused-ring (bicyclic) bond motifs is 1. The minimum absolute atomic E-state index is 0.245. The van der Waals surface area contributed by atoms with E-state index in [0.717, 1.165) is 36.1 Å². The highest BCUT2D eigenvalue weighted by atomic mass is 16.5. The van der Waals surface area contributed by atoms with Crippen LogP contribution < -0.4 is 10.2 Å². The number of benzene rings is 4. The van der Waals surface area contributed by atoms with Crippen LogP contribution in [0.5, 0.6) is 5.75 Å². The van der Waals surface area contributed by atoms with Crippen molar-refractivity contribution < 1.29 is 19.2 Å². The summed E-state index contributed by atoms with van der Waals surface area (Å²) in [6, 6.07) is 37.0. The van der Waals surface area contributed by atoms with Gasteiger partial charge in [-0.1, -0.05) is 103 Å². The molecule has 4 aromatic rings. The fourth-order valence-electron chi connectivity index (χ4n) is 4.88. The van der Waals surface area contributed by atoms with Gasteiger partial charge >= 0.3 is 7.12 Å². The molecule has 1 heterocycles. The normalized spacial score (nSPS) is 14.6. The predicted octanol–water partition coefficient (Wildman–Crippen LogP) is 5.13. The Kier molecular flexibility index (Phi) is 9.24. The van der Waals surface area contributed by atoms with Gasteiger partial charge in [0.2, 0.25) is 0 Å². The van der Waals surface area contributed by atoms with Gasteiger partial charge in [-0.2, -0.15) is 0 Å². The second kappa shape index (κ2) is 13.4. The van der Waals surface area contributed by atoms with Crippen LogP contribution in [-0.2, 0) is 29.1 Å². The van der Waals surface area contributed by atoms with Crippen LogP contribution in [0, 0.1) is 0 Å². The van der Waals surface area contributed by atoms with Crippen LogP contribution in [0.4, 0.5) is 0 Å². The number of hydrogen-bond acceptors (Lipinski definition) is 5. The molecule has 0 aliphatic carbocycles. The lowest BCUT2D eigenvalue weighted by Crippen LogP contribution is -2.30. The zero-order valence-corrected chi connectivity index (χ0v) is 21.6. The molecule has 0 spiro atoms. The van der Waals surface area contributed by atoms with Gasteiger partial charge in [-0.05, 0) is 28.3 Å². The van der Waals surface area contributed by atoms with Crippen LogP contribution in [0.15, 0.2) is 109 Å². The highest BCUT2D eigenvalue weighted by molar-refractivity contribution is 6.62. The third-order valence-electron chi connectivity index (χ3n) is 6.71. The fourth-order valence-corrected chi connectivity index (χ4v) is 4.88. The Balaban J connectivity index is 1.20. The highest BCUT2D eigenvalue weighted by Crippen LogP contribution is 2.29. The Labute approximate surface area is 225 Å². The summed E-state index contributed by atoms with van der Waals surface area (Å²) in [4.78, 5) is 2.37. The molecular formula is C32H34BNO4. The third kappa shape index (κ3) is 7.12. The first-order valence-corrected chi connectivity index (χ1v) is 13.3. The average Bonchev–Trinajstić information content (AvgIpc) is 3.27. The molecule has 1 unspecified atom stereocenters. The molecule has 38 heavy (non-hydrogen) atoms. The summed E-state index contributed by atoms with van der Waals surface area (Å²) in [5, 5.41) is 10.8. The smallest absolute Gasteiger partial charge is 0.494 e. The molecule has 1 N–H and O–H groups in total. The quantitative estimate of drug-likeness (QED) is 0.201. The predicted molar refractivity (Wildman–Crippen MR) is 151 cm³/mol. The van der Waals surface area contributed by atoms with Crippen LogP contribution in [0.2, 0.25) is 0 Å². The molecule has 5 nitrogen and oxygen atoms in total. The van der Waals surface area contributed by atoms with Crippen LogP contribution in [0.25, 0.3) is 0 Å². The maximum Gasteiger partial charge on any atom is 0.495 e. The van der Waals surface area contributed by atoms with Crippen LogP contribution in [-0.4, -0.2) is 36.8 Å². The van der Waals surface area contributed by atoms with Crippen molar-refractivity contribution in [2.24, 2.45) is 0 Å². The summed E-state index contributed by atoms with van der Waals surface area (Å²) in [5.74, 6) is 0.679. The second-order valence-corrected chi connectivity index (χ2v) is 9.62. The maximum absolute atomic E-state index is 10.8. The van der Waals surface area contributed by atoms with Crippen molar-refractivity contribution in [1.82, 2.24) is 4.90 Å². The van der Waals surface area contributed by atoms with Crippen molar-refractivity contribution in [2.45, 2.75) is 32.2 Å². The Hall–Kier alpha value is -3.42. The first-order chi connectivity index (χ1) is 18.8. The van der Waals surface area contributed by atoms with E-state index >= 15 is 0 Å². The zero-order valence-electron chi connectivity index (χ0n) is 21.6. The van der Waals surface area contributed by atoms with Gasteiger partial charge < -0.3 is 19.2 Å². The Morgan fingerprint density at radius 3 is 1.95 bits per heavy atom. The van der Waals surface area contributed by atoms with E-state index < -0.39 is 7.12 Å². The topological polar surface area (TPSA) is 51.2 Å². The lowest BCUT2D eigenvalue weighted by atomic mass is 9.78. The van der Waals surface area contributed by atoms with Gasteiger partial charge in [-0.15, -0.1) is 0 Å². The van der Waals surface area contributed by atoms with Crippen molar-refractivity contribution in [2.75, 3.05) is 19.8 Å². The maximum atomic E-state index is 10.8. The monoisotopic (exact) mass is 507 g/mol. The number of hydrogen-bond donors (Lipinski definition) is 1. The lowest BCUT2D eigenvalue weighted by molar-refractivity contribution is 0.107. The molecule has 6 heteroatoms. The van der Waals surface area contributed by atoms with Crippen molar-refractivity contribution in [1.29, 1.82) is 0 Å². The minimum Gasteiger partial charge on any atom is -0.494 e.